The first-order valence-corrected chi connectivity index (χ1v) is 4.42. The van der Waals surface area contributed by atoms with E-state index in [9.17, 15) is 0 Å². The molecule has 2 heteroatoms. The molecule has 1 nitrogen and oxygen atoms in total. The largest absolute Gasteiger partial charge is 0.326 e. The Kier molecular flexibility index (Phi) is 2.76. The van der Waals surface area contributed by atoms with Gasteiger partial charge in [0.25, 0.3) is 0 Å². The molecule has 0 saturated carbocycles. The average molecular weight is 184 g/mol. The van der Waals surface area contributed by atoms with E-state index in [0.717, 1.165) is 12.0 Å². The first kappa shape index (κ1) is 9.56. The summed E-state index contributed by atoms with van der Waals surface area (Å²) in [5.41, 5.74) is 6.82. The van der Waals surface area contributed by atoms with Crippen LogP contribution in [0.2, 0.25) is 0 Å². The second kappa shape index (κ2) is 3.46. The fourth-order valence-electron chi connectivity index (χ4n) is 1.20. The van der Waals surface area contributed by atoms with Crippen LogP contribution in [0.4, 0.5) is 0 Å². The van der Waals surface area contributed by atoms with Crippen molar-refractivity contribution in [3.63, 3.8) is 0 Å². The van der Waals surface area contributed by atoms with E-state index in [4.69, 9.17) is 17.3 Å². The van der Waals surface area contributed by atoms with Gasteiger partial charge in [-0.3, -0.25) is 0 Å². The lowest BCUT2D eigenvalue weighted by Gasteiger charge is -2.29. The fraction of sp³-hybridized carbons (Fsp3) is 0.400. The zero-order valence-electron chi connectivity index (χ0n) is 7.26. The standard InChI is InChI=1S/C10H14ClN/c1-3-9-5-4-6-10(11,7-9)8(2)12/h3-5,7-8H,1,6,12H2,2H3. The second-order valence-corrected chi connectivity index (χ2v) is 3.87. The molecule has 2 atom stereocenters. The third-order valence-corrected chi connectivity index (χ3v) is 2.75. The Labute approximate surface area is 78.6 Å². The van der Waals surface area contributed by atoms with Gasteiger partial charge in [0.15, 0.2) is 0 Å². The lowest BCUT2D eigenvalue weighted by atomic mass is 9.90. The van der Waals surface area contributed by atoms with E-state index in [-0.39, 0.29) is 6.04 Å². The molecule has 0 aromatic heterocycles. The van der Waals surface area contributed by atoms with Crippen molar-refractivity contribution >= 4 is 11.6 Å². The van der Waals surface area contributed by atoms with Crippen molar-refractivity contribution in [3.05, 3.63) is 36.5 Å². The summed E-state index contributed by atoms with van der Waals surface area (Å²) in [6, 6.07) is -0.0425. The maximum Gasteiger partial charge on any atom is 0.0816 e. The van der Waals surface area contributed by atoms with Gasteiger partial charge in [0, 0.05) is 6.04 Å². The Morgan fingerprint density at radius 2 is 2.50 bits per heavy atom. The van der Waals surface area contributed by atoms with Gasteiger partial charge in [0.2, 0.25) is 0 Å². The van der Waals surface area contributed by atoms with E-state index in [1.54, 1.807) is 6.08 Å². The molecule has 0 heterocycles. The lowest BCUT2D eigenvalue weighted by molar-refractivity contribution is 0.572. The zero-order chi connectivity index (χ0) is 9.19. The number of alkyl halides is 1. The van der Waals surface area contributed by atoms with Crippen molar-refractivity contribution in [1.82, 2.24) is 0 Å². The van der Waals surface area contributed by atoms with Crippen molar-refractivity contribution in [1.29, 1.82) is 0 Å². The minimum absolute atomic E-state index is 0.0425. The first-order valence-electron chi connectivity index (χ1n) is 4.05. The van der Waals surface area contributed by atoms with E-state index in [0.29, 0.717) is 0 Å². The van der Waals surface area contributed by atoms with Gasteiger partial charge < -0.3 is 5.73 Å². The quantitative estimate of drug-likeness (QED) is 0.654. The van der Waals surface area contributed by atoms with Crippen LogP contribution in [0.15, 0.2) is 36.5 Å². The number of hydrogen-bond donors (Lipinski definition) is 1. The summed E-state index contributed by atoms with van der Waals surface area (Å²) in [7, 11) is 0. The topological polar surface area (TPSA) is 26.0 Å². The molecule has 0 aromatic rings. The molecule has 2 unspecified atom stereocenters. The van der Waals surface area contributed by atoms with Crippen LogP contribution in [0.3, 0.4) is 0 Å². The van der Waals surface area contributed by atoms with E-state index in [1.807, 2.05) is 25.2 Å². The molecule has 0 radical (unpaired) electrons. The van der Waals surface area contributed by atoms with Crippen molar-refractivity contribution < 1.29 is 0 Å². The summed E-state index contributed by atoms with van der Waals surface area (Å²) in [5, 5.41) is 0. The van der Waals surface area contributed by atoms with Gasteiger partial charge >= 0.3 is 0 Å². The second-order valence-electron chi connectivity index (χ2n) is 3.17. The van der Waals surface area contributed by atoms with Crippen LogP contribution in [0, 0.1) is 0 Å². The summed E-state index contributed by atoms with van der Waals surface area (Å²) in [4.78, 5) is -0.418. The zero-order valence-corrected chi connectivity index (χ0v) is 8.01. The van der Waals surface area contributed by atoms with Crippen molar-refractivity contribution in [2.24, 2.45) is 5.73 Å². The molecule has 0 bridgehead atoms. The maximum absolute atomic E-state index is 6.28. The van der Waals surface area contributed by atoms with Crippen molar-refractivity contribution in [3.8, 4) is 0 Å². The van der Waals surface area contributed by atoms with E-state index >= 15 is 0 Å². The summed E-state index contributed by atoms with van der Waals surface area (Å²) < 4.78 is 0. The molecular formula is C10H14ClN. The predicted octanol–water partition coefficient (Wildman–Crippen LogP) is 2.38. The van der Waals surface area contributed by atoms with E-state index in [2.05, 4.69) is 6.58 Å². The summed E-state index contributed by atoms with van der Waals surface area (Å²) in [5.74, 6) is 0. The Bertz CT molecular complexity index is 240. The molecule has 12 heavy (non-hydrogen) atoms. The molecule has 0 aliphatic heterocycles. The smallest absolute Gasteiger partial charge is 0.0816 e. The van der Waals surface area contributed by atoms with Gasteiger partial charge in [0.1, 0.15) is 0 Å². The summed E-state index contributed by atoms with van der Waals surface area (Å²) in [6.45, 7) is 5.61. The van der Waals surface area contributed by atoms with Gasteiger partial charge in [-0.2, -0.15) is 0 Å². The van der Waals surface area contributed by atoms with Gasteiger partial charge in [-0.15, -0.1) is 11.6 Å². The highest BCUT2D eigenvalue weighted by molar-refractivity contribution is 6.26. The maximum atomic E-state index is 6.28. The molecule has 0 spiro atoms. The van der Waals surface area contributed by atoms with Crippen LogP contribution >= 0.6 is 11.6 Å². The van der Waals surface area contributed by atoms with Crippen molar-refractivity contribution in [2.75, 3.05) is 0 Å². The minimum Gasteiger partial charge on any atom is -0.326 e. The van der Waals surface area contributed by atoms with Crippen LogP contribution in [0.1, 0.15) is 13.3 Å². The molecule has 2 N–H and O–H groups in total. The Morgan fingerprint density at radius 3 is 3.00 bits per heavy atom. The fourth-order valence-corrected chi connectivity index (χ4v) is 1.42. The third-order valence-electron chi connectivity index (χ3n) is 2.14. The first-order chi connectivity index (χ1) is 5.58. The Hall–Kier alpha value is -0.530. The molecule has 0 aromatic carbocycles. The monoisotopic (exact) mass is 183 g/mol. The lowest BCUT2D eigenvalue weighted by Crippen LogP contribution is -2.40. The molecule has 66 valence electrons. The predicted molar refractivity (Wildman–Crippen MR) is 54.3 cm³/mol. The molecule has 1 aliphatic carbocycles. The highest BCUT2D eigenvalue weighted by Gasteiger charge is 2.29. The SMILES string of the molecule is C=CC1=CC(Cl)(C(C)N)CC=C1. The Balaban J connectivity index is 2.90. The molecular weight excluding hydrogens is 170 g/mol. The minimum atomic E-state index is -0.418. The van der Waals surface area contributed by atoms with Crippen LogP contribution in [-0.4, -0.2) is 10.9 Å². The van der Waals surface area contributed by atoms with Gasteiger partial charge in [-0.25, -0.2) is 0 Å². The van der Waals surface area contributed by atoms with Gasteiger partial charge in [-0.05, 0) is 18.9 Å². The van der Waals surface area contributed by atoms with Gasteiger partial charge in [0.05, 0.1) is 4.87 Å². The highest BCUT2D eigenvalue weighted by atomic mass is 35.5. The van der Waals surface area contributed by atoms with Crippen LogP contribution in [-0.2, 0) is 0 Å². The molecule has 1 rings (SSSR count). The average Bonchev–Trinajstić information content (AvgIpc) is 2.04. The van der Waals surface area contributed by atoms with E-state index < -0.39 is 4.87 Å². The van der Waals surface area contributed by atoms with Crippen molar-refractivity contribution in [2.45, 2.75) is 24.3 Å². The molecule has 0 saturated heterocycles. The van der Waals surface area contributed by atoms with Gasteiger partial charge in [-0.1, -0.05) is 30.9 Å². The van der Waals surface area contributed by atoms with Crippen LogP contribution in [0.5, 0.6) is 0 Å². The number of nitrogens with two attached hydrogens (primary N) is 1. The Morgan fingerprint density at radius 1 is 1.83 bits per heavy atom. The number of allylic oxidation sites excluding steroid dienone is 4. The highest BCUT2D eigenvalue weighted by Crippen LogP contribution is 2.30. The number of hydrogen-bond acceptors (Lipinski definition) is 1. The molecule has 0 amide bonds. The number of rotatable bonds is 2. The summed E-state index contributed by atoms with van der Waals surface area (Å²) in [6.07, 6.45) is 8.61. The van der Waals surface area contributed by atoms with Crippen LogP contribution < -0.4 is 5.73 Å². The third kappa shape index (κ3) is 1.79. The van der Waals surface area contributed by atoms with Crippen LogP contribution in [0.25, 0.3) is 0 Å². The molecule has 1 aliphatic rings. The normalized spacial score (nSPS) is 31.1. The molecule has 0 fully saturated rings. The number of halogens is 1. The summed E-state index contributed by atoms with van der Waals surface area (Å²) >= 11 is 6.28. The van der Waals surface area contributed by atoms with E-state index in [1.165, 1.54) is 0 Å².